The summed E-state index contributed by atoms with van der Waals surface area (Å²) in [6.45, 7) is 3.76. The predicted octanol–water partition coefficient (Wildman–Crippen LogP) is 0.196. The van der Waals surface area contributed by atoms with Crippen LogP contribution in [0, 0.1) is 5.92 Å². The van der Waals surface area contributed by atoms with Gasteiger partial charge in [0.2, 0.25) is 11.8 Å². The van der Waals surface area contributed by atoms with Crippen LogP contribution in [0.15, 0.2) is 30.5 Å². The first-order valence-electron chi connectivity index (χ1n) is 10.8. The normalized spacial score (nSPS) is 13.8. The summed E-state index contributed by atoms with van der Waals surface area (Å²) in [5.41, 5.74) is 12.6. The summed E-state index contributed by atoms with van der Waals surface area (Å²) in [4.78, 5) is 51.2. The number of primary amides is 1. The topological polar surface area (TPSA) is 192 Å². The highest BCUT2D eigenvalue weighted by Gasteiger charge is 2.29. The van der Waals surface area contributed by atoms with Crippen LogP contribution in [-0.2, 0) is 20.8 Å². The van der Waals surface area contributed by atoms with Gasteiger partial charge in [-0.05, 0) is 30.4 Å². The zero-order chi connectivity index (χ0) is 24.5. The molecule has 2 rings (SSSR count). The number of carboxylic acid groups (broad SMARTS) is 1. The van der Waals surface area contributed by atoms with E-state index < -0.39 is 41.9 Å². The smallest absolute Gasteiger partial charge is 0.326 e. The Morgan fingerprint density at radius 2 is 1.73 bits per heavy atom. The number of hydrogen-bond acceptors (Lipinski definition) is 5. The van der Waals surface area contributed by atoms with Gasteiger partial charge in [0.1, 0.15) is 12.1 Å². The van der Waals surface area contributed by atoms with E-state index in [2.05, 4.69) is 20.9 Å². The van der Waals surface area contributed by atoms with Gasteiger partial charge in [0.05, 0.1) is 6.04 Å². The molecule has 0 saturated carbocycles. The average molecular weight is 461 g/mol. The van der Waals surface area contributed by atoms with E-state index in [1.165, 1.54) is 0 Å². The highest BCUT2D eigenvalue weighted by atomic mass is 16.4. The standard InChI is InChI=1S/C22H32N6O5/c1-12(2)18(23)20(30)28-17(10-13-11-26-15-7-4-3-6-14(13)15)19(29)27-16(21(31)32)8-5-9-25-22(24)33/h3-4,6-7,11-12,16-18,26H,5,8-10,23H2,1-2H3,(H,27,29)(H,28,30)(H,31,32)(H3,24,25,33)/t16-,17-,18-/m0/s1. The Morgan fingerprint density at radius 3 is 2.36 bits per heavy atom. The Bertz CT molecular complexity index is 989. The first-order chi connectivity index (χ1) is 15.6. The van der Waals surface area contributed by atoms with Crippen LogP contribution in [0.2, 0.25) is 0 Å². The van der Waals surface area contributed by atoms with Crippen molar-refractivity contribution in [1.29, 1.82) is 0 Å². The number of benzene rings is 1. The van der Waals surface area contributed by atoms with E-state index in [4.69, 9.17) is 11.5 Å². The van der Waals surface area contributed by atoms with Crippen LogP contribution < -0.4 is 27.4 Å². The molecule has 0 unspecified atom stereocenters. The zero-order valence-corrected chi connectivity index (χ0v) is 18.8. The number of hydrogen-bond donors (Lipinski definition) is 7. The summed E-state index contributed by atoms with van der Waals surface area (Å²) in [6, 6.07) is 3.75. The summed E-state index contributed by atoms with van der Waals surface area (Å²) in [6.07, 6.45) is 2.25. The Hall–Kier alpha value is -3.60. The monoisotopic (exact) mass is 460 g/mol. The molecule has 4 amide bonds. The number of nitrogens with two attached hydrogens (primary N) is 2. The van der Waals surface area contributed by atoms with Crippen molar-refractivity contribution >= 4 is 34.7 Å². The third-order valence-corrected chi connectivity index (χ3v) is 5.34. The van der Waals surface area contributed by atoms with Crippen LogP contribution >= 0.6 is 0 Å². The van der Waals surface area contributed by atoms with Gasteiger partial charge in [0.15, 0.2) is 0 Å². The minimum Gasteiger partial charge on any atom is -0.480 e. The molecule has 0 radical (unpaired) electrons. The molecule has 11 heteroatoms. The van der Waals surface area contributed by atoms with E-state index in [1.807, 2.05) is 24.3 Å². The molecule has 1 aromatic heterocycles. The summed E-state index contributed by atoms with van der Waals surface area (Å²) in [7, 11) is 0. The van der Waals surface area contributed by atoms with Crippen molar-refractivity contribution in [2.45, 2.75) is 51.2 Å². The Labute approximate surface area is 191 Å². The van der Waals surface area contributed by atoms with Gasteiger partial charge in [0.25, 0.3) is 0 Å². The molecule has 1 aromatic carbocycles. The lowest BCUT2D eigenvalue weighted by Gasteiger charge is -2.24. The summed E-state index contributed by atoms with van der Waals surface area (Å²) >= 11 is 0. The number of para-hydroxylation sites is 1. The SMILES string of the molecule is CC(C)[C@H](N)C(=O)N[C@@H](Cc1c[nH]c2ccccc12)C(=O)N[C@@H](CCCNC(N)=O)C(=O)O. The molecule has 3 atom stereocenters. The molecular formula is C22H32N6O5. The molecule has 33 heavy (non-hydrogen) atoms. The number of urea groups is 1. The molecular weight excluding hydrogens is 428 g/mol. The number of fused-ring (bicyclic) bond motifs is 1. The molecule has 2 aromatic rings. The second kappa shape index (κ2) is 11.9. The van der Waals surface area contributed by atoms with Crippen molar-refractivity contribution in [2.24, 2.45) is 17.4 Å². The van der Waals surface area contributed by atoms with E-state index in [0.717, 1.165) is 16.5 Å². The minimum absolute atomic E-state index is 0.0701. The molecule has 1 heterocycles. The van der Waals surface area contributed by atoms with Gasteiger partial charge in [-0.3, -0.25) is 9.59 Å². The predicted molar refractivity (Wildman–Crippen MR) is 123 cm³/mol. The van der Waals surface area contributed by atoms with Gasteiger partial charge in [-0.1, -0.05) is 32.0 Å². The highest BCUT2D eigenvalue weighted by molar-refractivity contribution is 5.93. The number of nitrogens with one attached hydrogen (secondary N) is 4. The number of amides is 4. The third kappa shape index (κ3) is 7.49. The van der Waals surface area contributed by atoms with Gasteiger partial charge in [-0.15, -0.1) is 0 Å². The largest absolute Gasteiger partial charge is 0.480 e. The van der Waals surface area contributed by atoms with Crippen molar-refractivity contribution in [2.75, 3.05) is 6.54 Å². The van der Waals surface area contributed by atoms with Crippen LogP contribution in [-0.4, -0.2) is 58.6 Å². The van der Waals surface area contributed by atoms with Gasteiger partial charge in [0, 0.05) is 30.1 Å². The van der Waals surface area contributed by atoms with E-state index >= 15 is 0 Å². The zero-order valence-electron chi connectivity index (χ0n) is 18.8. The quantitative estimate of drug-likeness (QED) is 0.221. The Balaban J connectivity index is 2.17. The van der Waals surface area contributed by atoms with Crippen molar-refractivity contribution in [3.8, 4) is 0 Å². The van der Waals surface area contributed by atoms with Gasteiger partial charge >= 0.3 is 12.0 Å². The number of carbonyl (C=O) groups is 4. The first-order valence-corrected chi connectivity index (χ1v) is 10.8. The van der Waals surface area contributed by atoms with Crippen molar-refractivity contribution in [3.05, 3.63) is 36.0 Å². The fourth-order valence-electron chi connectivity index (χ4n) is 3.35. The molecule has 9 N–H and O–H groups in total. The van der Waals surface area contributed by atoms with E-state index in [9.17, 15) is 24.3 Å². The van der Waals surface area contributed by atoms with Gasteiger partial charge in [-0.2, -0.15) is 0 Å². The molecule has 0 spiro atoms. The maximum atomic E-state index is 13.1. The van der Waals surface area contributed by atoms with Crippen LogP contribution in [0.1, 0.15) is 32.3 Å². The lowest BCUT2D eigenvalue weighted by Crippen LogP contribution is -2.56. The Kier molecular flexibility index (Phi) is 9.22. The number of carbonyl (C=O) groups excluding carboxylic acids is 3. The number of aromatic nitrogens is 1. The van der Waals surface area contributed by atoms with Crippen molar-refractivity contribution in [1.82, 2.24) is 20.9 Å². The molecule has 180 valence electrons. The number of carboxylic acids is 1. The highest BCUT2D eigenvalue weighted by Crippen LogP contribution is 2.19. The van der Waals surface area contributed by atoms with Gasteiger partial charge in [-0.25, -0.2) is 9.59 Å². The maximum Gasteiger partial charge on any atom is 0.326 e. The van der Waals surface area contributed by atoms with Crippen LogP contribution in [0.5, 0.6) is 0 Å². The molecule has 0 bridgehead atoms. The third-order valence-electron chi connectivity index (χ3n) is 5.34. The number of aromatic amines is 1. The molecule has 0 aliphatic heterocycles. The number of rotatable bonds is 12. The fourth-order valence-corrected chi connectivity index (χ4v) is 3.35. The van der Waals surface area contributed by atoms with Crippen LogP contribution in [0.3, 0.4) is 0 Å². The summed E-state index contributed by atoms with van der Waals surface area (Å²) in [5, 5.41) is 17.9. The van der Waals surface area contributed by atoms with Crippen LogP contribution in [0.4, 0.5) is 4.79 Å². The lowest BCUT2D eigenvalue weighted by molar-refractivity contribution is -0.142. The second-order valence-corrected chi connectivity index (χ2v) is 8.23. The second-order valence-electron chi connectivity index (χ2n) is 8.23. The van der Waals surface area contributed by atoms with Crippen LogP contribution in [0.25, 0.3) is 10.9 Å². The van der Waals surface area contributed by atoms with E-state index in [0.29, 0.717) is 0 Å². The van der Waals surface area contributed by atoms with E-state index in [-0.39, 0.29) is 31.7 Å². The molecule has 0 aliphatic carbocycles. The number of H-pyrrole nitrogens is 1. The molecule has 0 aliphatic rings. The average Bonchev–Trinajstić information content (AvgIpc) is 3.17. The first kappa shape index (κ1) is 25.7. The van der Waals surface area contributed by atoms with Gasteiger partial charge < -0.3 is 37.5 Å². The Morgan fingerprint density at radius 1 is 1.06 bits per heavy atom. The number of aliphatic carboxylic acids is 1. The minimum atomic E-state index is -1.22. The molecule has 0 saturated heterocycles. The fraction of sp³-hybridized carbons (Fsp3) is 0.455. The molecule has 11 nitrogen and oxygen atoms in total. The lowest BCUT2D eigenvalue weighted by atomic mass is 10.0. The van der Waals surface area contributed by atoms with Crippen molar-refractivity contribution in [3.63, 3.8) is 0 Å². The van der Waals surface area contributed by atoms with Crippen molar-refractivity contribution < 1.29 is 24.3 Å². The summed E-state index contributed by atoms with van der Waals surface area (Å²) < 4.78 is 0. The maximum absolute atomic E-state index is 13.1. The van der Waals surface area contributed by atoms with E-state index in [1.54, 1.807) is 20.0 Å². The summed E-state index contributed by atoms with van der Waals surface area (Å²) in [5.74, 6) is -2.51. The molecule has 0 fully saturated rings.